The van der Waals surface area contributed by atoms with Gasteiger partial charge in [0.25, 0.3) is 5.91 Å². The van der Waals surface area contributed by atoms with Crippen molar-refractivity contribution in [2.45, 2.75) is 5.25 Å². The number of aromatic nitrogens is 1. The number of nitrogen functional groups attached to an aromatic ring is 1. The van der Waals surface area contributed by atoms with Gasteiger partial charge in [-0.15, -0.1) is 11.3 Å². The molecule has 0 saturated carbocycles. The molecule has 3 aromatic carbocycles. The van der Waals surface area contributed by atoms with Gasteiger partial charge in [0.15, 0.2) is 0 Å². The minimum Gasteiger partial charge on any atom is -0.397 e. The molecule has 1 amide bonds. The maximum atomic E-state index is 12.6. The second kappa shape index (κ2) is 9.42. The Kier molecular flexibility index (Phi) is 6.43. The molecule has 0 spiro atoms. The lowest BCUT2D eigenvalue weighted by atomic mass is 10.1. The average molecular weight is 462 g/mol. The quantitative estimate of drug-likeness (QED) is 0.156. The normalized spacial score (nSPS) is 12.2. The highest BCUT2D eigenvalue weighted by Crippen LogP contribution is 2.35. The van der Waals surface area contributed by atoms with Crippen LogP contribution in [0.15, 0.2) is 71.7 Å². The van der Waals surface area contributed by atoms with E-state index in [2.05, 4.69) is 10.3 Å². The van der Waals surface area contributed by atoms with E-state index in [1.807, 2.05) is 61.5 Å². The van der Waals surface area contributed by atoms with Crippen molar-refractivity contribution in [1.29, 1.82) is 0 Å². The van der Waals surface area contributed by atoms with Crippen LogP contribution < -0.4 is 11.1 Å². The van der Waals surface area contributed by atoms with Crippen LogP contribution in [-0.2, 0) is 0 Å². The van der Waals surface area contributed by atoms with E-state index in [1.54, 1.807) is 41.9 Å². The number of fused-ring (bicyclic) bond motifs is 1. The number of thiazole rings is 1. The predicted octanol–water partition coefficient (Wildman–Crippen LogP) is 5.37. The van der Waals surface area contributed by atoms with Crippen molar-refractivity contribution in [3.8, 4) is 0 Å². The van der Waals surface area contributed by atoms with E-state index in [0.717, 1.165) is 26.5 Å². The first-order valence-corrected chi connectivity index (χ1v) is 11.3. The molecule has 4 rings (SSSR count). The Hall–Kier alpha value is -3.36. The van der Waals surface area contributed by atoms with Crippen molar-refractivity contribution in [3.05, 3.63) is 82.9 Å². The number of carbonyl (C=O) groups is 1. The molecule has 1 aromatic heterocycles. The molecule has 32 heavy (non-hydrogen) atoms. The van der Waals surface area contributed by atoms with E-state index in [1.165, 1.54) is 0 Å². The molecule has 1 atom stereocenters. The summed E-state index contributed by atoms with van der Waals surface area (Å²) < 4.78 is 1.06. The molecule has 162 valence electrons. The van der Waals surface area contributed by atoms with Gasteiger partial charge >= 0.3 is 0 Å². The number of carbonyl (C=O) groups excluding carboxylic acids is 1. The molecule has 8 heteroatoms. The number of nitrogens with zero attached hydrogens (tertiary/aromatic N) is 3. The van der Waals surface area contributed by atoms with E-state index >= 15 is 0 Å². The molecule has 0 bridgehead atoms. The van der Waals surface area contributed by atoms with E-state index in [-0.39, 0.29) is 11.2 Å². The fourth-order valence-corrected chi connectivity index (χ4v) is 4.48. The Morgan fingerprint density at radius 3 is 2.62 bits per heavy atom. The molecular formula is C24H23N5OS2. The molecule has 0 fully saturated rings. The van der Waals surface area contributed by atoms with Crippen LogP contribution in [0.4, 0.5) is 17.1 Å². The van der Waals surface area contributed by atoms with Gasteiger partial charge in [0.05, 0.1) is 38.9 Å². The fraction of sp³-hybridized carbons (Fsp3) is 0.125. The Bertz CT molecular complexity index is 1280. The summed E-state index contributed by atoms with van der Waals surface area (Å²) in [5.74, 6) is -0.212. The lowest BCUT2D eigenvalue weighted by molar-refractivity contribution is 0.102. The van der Waals surface area contributed by atoms with Crippen LogP contribution in [0, 0.1) is 0 Å². The van der Waals surface area contributed by atoms with Crippen molar-refractivity contribution < 1.29 is 4.79 Å². The Morgan fingerprint density at radius 2 is 1.91 bits per heavy atom. The van der Waals surface area contributed by atoms with E-state index < -0.39 is 0 Å². The maximum Gasteiger partial charge on any atom is 0.255 e. The molecular weight excluding hydrogens is 438 g/mol. The van der Waals surface area contributed by atoms with Gasteiger partial charge in [-0.3, -0.25) is 4.79 Å². The first-order chi connectivity index (χ1) is 15.4. The van der Waals surface area contributed by atoms with Crippen molar-refractivity contribution in [2.24, 2.45) is 4.99 Å². The molecule has 4 aromatic rings. The Morgan fingerprint density at radius 1 is 1.16 bits per heavy atom. The van der Waals surface area contributed by atoms with E-state index in [0.29, 0.717) is 16.9 Å². The smallest absolute Gasteiger partial charge is 0.255 e. The summed E-state index contributed by atoms with van der Waals surface area (Å²) >= 11 is 6.38. The third-order valence-electron chi connectivity index (χ3n) is 4.76. The topological polar surface area (TPSA) is 83.6 Å². The Balaban J connectivity index is 1.50. The average Bonchev–Trinajstić information content (AvgIpc) is 3.22. The van der Waals surface area contributed by atoms with Gasteiger partial charge in [-0.05, 0) is 48.0 Å². The predicted molar refractivity (Wildman–Crippen MR) is 138 cm³/mol. The molecule has 1 heterocycles. The lowest BCUT2D eigenvalue weighted by Crippen LogP contribution is -2.13. The zero-order valence-corrected chi connectivity index (χ0v) is 19.4. The maximum absolute atomic E-state index is 12.6. The number of nitrogens with two attached hydrogens (primary N) is 1. The molecule has 6 nitrogen and oxygen atoms in total. The second-order valence-electron chi connectivity index (χ2n) is 7.48. The number of hydrogen-bond donors (Lipinski definition) is 3. The minimum atomic E-state index is -0.212. The lowest BCUT2D eigenvalue weighted by Gasteiger charge is -2.10. The highest BCUT2D eigenvalue weighted by atomic mass is 32.1. The number of aliphatic imine (C=N–C) groups is 1. The van der Waals surface area contributed by atoms with Crippen LogP contribution in [0.25, 0.3) is 10.2 Å². The van der Waals surface area contributed by atoms with Crippen LogP contribution >= 0.6 is 24.0 Å². The molecule has 0 radical (unpaired) electrons. The summed E-state index contributed by atoms with van der Waals surface area (Å²) in [5.41, 5.74) is 10.3. The molecule has 3 N–H and O–H groups in total. The zero-order valence-electron chi connectivity index (χ0n) is 17.7. The summed E-state index contributed by atoms with van der Waals surface area (Å²) in [4.78, 5) is 23.6. The standard InChI is InChI=1S/C24H23N5OS2/c1-29(2)14-26-17-11-12-20-21(13-17)32-24(28-20)22(31)15-7-9-16(10-8-15)23(30)27-19-6-4-3-5-18(19)25/h3-14,22,31H,25H2,1-2H3,(H,27,30)/b26-14+. The van der Waals surface area contributed by atoms with Crippen LogP contribution in [0.1, 0.15) is 26.2 Å². The number of anilines is 2. The van der Waals surface area contributed by atoms with Crippen LogP contribution in [0.5, 0.6) is 0 Å². The summed E-state index contributed by atoms with van der Waals surface area (Å²) in [7, 11) is 3.87. The van der Waals surface area contributed by atoms with Crippen molar-refractivity contribution in [2.75, 3.05) is 25.1 Å². The van der Waals surface area contributed by atoms with Crippen molar-refractivity contribution in [1.82, 2.24) is 9.88 Å². The van der Waals surface area contributed by atoms with Crippen LogP contribution in [-0.4, -0.2) is 36.2 Å². The van der Waals surface area contributed by atoms with Crippen molar-refractivity contribution in [3.63, 3.8) is 0 Å². The summed E-state index contributed by atoms with van der Waals surface area (Å²) in [6.45, 7) is 0. The number of amides is 1. The Labute approximate surface area is 196 Å². The van der Waals surface area contributed by atoms with Crippen molar-refractivity contribution >= 4 is 63.5 Å². The molecule has 0 aliphatic heterocycles. The third-order valence-corrected chi connectivity index (χ3v) is 6.56. The van der Waals surface area contributed by atoms with E-state index in [4.69, 9.17) is 23.3 Å². The second-order valence-corrected chi connectivity index (χ2v) is 9.06. The van der Waals surface area contributed by atoms with Gasteiger partial charge in [0.1, 0.15) is 5.01 Å². The summed E-state index contributed by atoms with van der Waals surface area (Å²) in [6, 6.07) is 20.5. The number of thiol groups is 1. The first-order valence-electron chi connectivity index (χ1n) is 9.95. The molecule has 0 saturated heterocycles. The van der Waals surface area contributed by atoms with Gasteiger partial charge in [0, 0.05) is 19.7 Å². The SMILES string of the molecule is CN(C)/C=N/c1ccc2nc(C(S)c3ccc(C(=O)Nc4ccccc4N)cc3)sc2c1. The number of benzene rings is 3. The number of para-hydroxylation sites is 2. The van der Waals surface area contributed by atoms with Gasteiger partial charge in [-0.2, -0.15) is 12.6 Å². The monoisotopic (exact) mass is 461 g/mol. The highest BCUT2D eigenvalue weighted by Gasteiger charge is 2.16. The summed E-state index contributed by atoms with van der Waals surface area (Å²) in [6.07, 6.45) is 1.77. The summed E-state index contributed by atoms with van der Waals surface area (Å²) in [5, 5.41) is 3.54. The largest absolute Gasteiger partial charge is 0.397 e. The molecule has 0 aliphatic carbocycles. The minimum absolute atomic E-state index is 0.192. The van der Waals surface area contributed by atoms with Gasteiger partial charge in [0.2, 0.25) is 0 Å². The zero-order chi connectivity index (χ0) is 22.7. The first kappa shape index (κ1) is 21.9. The highest BCUT2D eigenvalue weighted by molar-refractivity contribution is 7.81. The molecule has 0 aliphatic rings. The van der Waals surface area contributed by atoms with Gasteiger partial charge in [-0.25, -0.2) is 9.98 Å². The van der Waals surface area contributed by atoms with Gasteiger partial charge in [-0.1, -0.05) is 24.3 Å². The number of hydrogen-bond acceptors (Lipinski definition) is 6. The van der Waals surface area contributed by atoms with Crippen LogP contribution in [0.3, 0.4) is 0 Å². The number of rotatable bonds is 6. The molecule has 1 unspecified atom stereocenters. The third kappa shape index (κ3) is 4.92. The van der Waals surface area contributed by atoms with Crippen LogP contribution in [0.2, 0.25) is 0 Å². The number of nitrogens with one attached hydrogen (secondary N) is 1. The van der Waals surface area contributed by atoms with E-state index in [9.17, 15) is 4.79 Å². The van der Waals surface area contributed by atoms with Gasteiger partial charge < -0.3 is 16.0 Å². The fourth-order valence-electron chi connectivity index (χ4n) is 3.08.